The number of halogens is 3. The maximum absolute atomic E-state index is 6.29. The molecule has 1 aliphatic rings. The maximum atomic E-state index is 6.29. The minimum atomic E-state index is -0.364. The Kier molecular flexibility index (Phi) is 12.1. The van der Waals surface area contributed by atoms with Crippen molar-refractivity contribution in [2.45, 2.75) is 38.9 Å². The zero-order chi connectivity index (χ0) is 43.0. The summed E-state index contributed by atoms with van der Waals surface area (Å²) < 4.78 is 20.8. The minimum Gasteiger partial charge on any atom is -0.399 e. The van der Waals surface area contributed by atoms with E-state index in [1.807, 2.05) is 18.2 Å². The quantitative estimate of drug-likeness (QED) is 0.130. The lowest BCUT2D eigenvalue weighted by Crippen LogP contribution is -2.41. The third-order valence-corrected chi connectivity index (χ3v) is 13.7. The summed E-state index contributed by atoms with van der Waals surface area (Å²) in [6.07, 6.45) is 0. The number of benzene rings is 8. The Hall–Kier alpha value is -4.97. The van der Waals surface area contributed by atoms with Crippen LogP contribution in [0.15, 0.2) is 203 Å². The molecule has 0 atom stereocenters. The van der Waals surface area contributed by atoms with Gasteiger partial charge in [0.15, 0.2) is 0 Å². The summed E-state index contributed by atoms with van der Waals surface area (Å²) in [4.78, 5) is 0. The van der Waals surface area contributed by atoms with E-state index < -0.39 is 0 Å². The molecule has 10 aromatic rings. The Morgan fingerprint density at radius 1 is 0.419 bits per heavy atom. The molecule has 0 amide bonds. The van der Waals surface area contributed by atoms with E-state index in [9.17, 15) is 0 Å². The molecule has 0 unspecified atom stereocenters. The molecule has 11 rings (SSSR count). The molecule has 0 bridgehead atoms. The van der Waals surface area contributed by atoms with Crippen molar-refractivity contribution in [1.29, 1.82) is 0 Å². The van der Waals surface area contributed by atoms with Crippen LogP contribution in [0, 0.1) is 3.57 Å². The van der Waals surface area contributed by atoms with Crippen LogP contribution in [0.1, 0.15) is 27.7 Å². The van der Waals surface area contributed by atoms with Crippen molar-refractivity contribution in [1.82, 2.24) is 9.13 Å². The summed E-state index contributed by atoms with van der Waals surface area (Å²) in [5.41, 5.74) is 9.98. The molecule has 1 aliphatic heterocycles. The van der Waals surface area contributed by atoms with Crippen LogP contribution in [0.4, 0.5) is 0 Å². The molecule has 8 heteroatoms. The summed E-state index contributed by atoms with van der Waals surface area (Å²) in [7, 11) is -0.364. The Balaban J connectivity index is 0.000000135. The number of aromatic nitrogens is 2. The van der Waals surface area contributed by atoms with Crippen LogP contribution in [0.25, 0.3) is 66.1 Å². The van der Waals surface area contributed by atoms with Gasteiger partial charge in [0.2, 0.25) is 0 Å². The summed E-state index contributed by atoms with van der Waals surface area (Å²) in [6, 6.07) is 68.2. The molecule has 0 N–H and O–H groups in total. The number of fused-ring (bicyclic) bond motifs is 6. The van der Waals surface area contributed by atoms with Crippen LogP contribution < -0.4 is 5.46 Å². The van der Waals surface area contributed by atoms with Crippen LogP contribution in [0.3, 0.4) is 0 Å². The average molecular weight is 1050 g/mol. The highest BCUT2D eigenvalue weighted by Gasteiger charge is 2.51. The van der Waals surface area contributed by atoms with Crippen LogP contribution in [-0.4, -0.2) is 27.5 Å². The topological polar surface area (TPSA) is 28.3 Å². The summed E-state index contributed by atoms with van der Waals surface area (Å²) >= 11 is 9.14. The van der Waals surface area contributed by atoms with E-state index >= 15 is 0 Å². The largest absolute Gasteiger partial charge is 0.494 e. The molecule has 62 heavy (non-hydrogen) atoms. The predicted molar refractivity (Wildman–Crippen MR) is 277 cm³/mol. The average Bonchev–Trinajstić information content (AvgIpc) is 3.88. The van der Waals surface area contributed by atoms with Crippen molar-refractivity contribution in [3.63, 3.8) is 0 Å². The lowest BCUT2D eigenvalue weighted by atomic mass is 9.79. The van der Waals surface area contributed by atoms with Gasteiger partial charge in [0.05, 0.1) is 33.3 Å². The highest BCUT2D eigenvalue weighted by molar-refractivity contribution is 14.1. The molecule has 1 fully saturated rings. The fourth-order valence-electron chi connectivity index (χ4n) is 8.05. The van der Waals surface area contributed by atoms with Crippen molar-refractivity contribution in [3.05, 3.63) is 207 Å². The van der Waals surface area contributed by atoms with Gasteiger partial charge in [-0.1, -0.05) is 141 Å². The molecule has 1 saturated heterocycles. The number of para-hydroxylation sites is 4. The molecular weight excluding hydrogens is 1010 g/mol. The van der Waals surface area contributed by atoms with Gasteiger partial charge >= 0.3 is 7.12 Å². The first-order chi connectivity index (χ1) is 30.0. The van der Waals surface area contributed by atoms with E-state index in [4.69, 9.17) is 9.31 Å². The molecule has 0 aliphatic carbocycles. The molecule has 8 aromatic carbocycles. The Morgan fingerprint density at radius 2 is 0.823 bits per heavy atom. The van der Waals surface area contributed by atoms with Crippen molar-refractivity contribution in [3.8, 4) is 22.5 Å². The van der Waals surface area contributed by atoms with E-state index in [-0.39, 0.29) is 18.3 Å². The van der Waals surface area contributed by atoms with E-state index in [1.165, 1.54) is 64.0 Å². The molecule has 306 valence electrons. The van der Waals surface area contributed by atoms with Gasteiger partial charge in [-0.3, -0.25) is 0 Å². The molecular formula is C54H44BBr2IN2O2. The van der Waals surface area contributed by atoms with Crippen LogP contribution in [-0.2, 0) is 9.31 Å². The Morgan fingerprint density at radius 3 is 1.32 bits per heavy atom. The van der Waals surface area contributed by atoms with E-state index in [0.717, 1.165) is 20.1 Å². The zero-order valence-electron chi connectivity index (χ0n) is 34.9. The fraction of sp³-hybridized carbons (Fsp3) is 0.111. The second-order valence-electron chi connectivity index (χ2n) is 16.4. The summed E-state index contributed by atoms with van der Waals surface area (Å²) in [5.74, 6) is 0. The second kappa shape index (κ2) is 17.7. The first-order valence-electron chi connectivity index (χ1n) is 20.7. The van der Waals surface area contributed by atoms with Crippen LogP contribution in [0.5, 0.6) is 0 Å². The first kappa shape index (κ1) is 42.3. The molecule has 4 nitrogen and oxygen atoms in total. The highest BCUT2D eigenvalue weighted by atomic mass is 127. The minimum absolute atomic E-state index is 0.348. The third kappa shape index (κ3) is 8.43. The smallest absolute Gasteiger partial charge is 0.399 e. The van der Waals surface area contributed by atoms with Gasteiger partial charge in [0, 0.05) is 45.4 Å². The molecule has 0 saturated carbocycles. The van der Waals surface area contributed by atoms with Gasteiger partial charge in [0.1, 0.15) is 0 Å². The maximum Gasteiger partial charge on any atom is 0.494 e. The van der Waals surface area contributed by atoms with Crippen molar-refractivity contribution < 1.29 is 9.31 Å². The predicted octanol–water partition coefficient (Wildman–Crippen LogP) is 15.3. The van der Waals surface area contributed by atoms with Gasteiger partial charge in [-0.2, -0.15) is 0 Å². The van der Waals surface area contributed by atoms with Gasteiger partial charge in [-0.15, -0.1) is 0 Å². The van der Waals surface area contributed by atoms with Gasteiger partial charge < -0.3 is 18.4 Å². The SMILES string of the molecule is Brc1ccc(-c2ccc3c4ccccc4n(-c4ccccc4)c3c2)cc1.Brc1ccc(I)cc1.CC1(C)OB(c2ccc3c4ccccc4n(-c4ccccc4)c3c2)OC1(C)C. The summed E-state index contributed by atoms with van der Waals surface area (Å²) in [6.45, 7) is 8.36. The van der Waals surface area contributed by atoms with Crippen LogP contribution in [0.2, 0.25) is 0 Å². The highest BCUT2D eigenvalue weighted by Crippen LogP contribution is 2.38. The van der Waals surface area contributed by atoms with Gasteiger partial charge in [-0.25, -0.2) is 0 Å². The second-order valence-corrected chi connectivity index (χ2v) is 19.5. The zero-order valence-corrected chi connectivity index (χ0v) is 40.2. The first-order valence-corrected chi connectivity index (χ1v) is 23.3. The number of rotatable bonds is 4. The monoisotopic (exact) mass is 1050 g/mol. The van der Waals surface area contributed by atoms with E-state index in [0.29, 0.717) is 0 Å². The normalized spacial score (nSPS) is 14.1. The summed E-state index contributed by atoms with van der Waals surface area (Å²) in [5, 5.41) is 5.06. The van der Waals surface area contributed by atoms with Crippen molar-refractivity contribution in [2.75, 3.05) is 0 Å². The number of hydrogen-bond donors (Lipinski definition) is 0. The van der Waals surface area contributed by atoms with E-state index in [1.54, 1.807) is 0 Å². The van der Waals surface area contributed by atoms with Crippen molar-refractivity contribution >= 4 is 111 Å². The lowest BCUT2D eigenvalue weighted by molar-refractivity contribution is 0.00578. The Bertz CT molecular complexity index is 3130. The van der Waals surface area contributed by atoms with E-state index in [2.05, 4.69) is 267 Å². The molecule has 0 radical (unpaired) electrons. The standard InChI is InChI=1S/C24H24BNO2.C24H16BrN.C6H4BrI/c1-23(2)24(3,4)28-25(27-23)17-14-15-20-19-12-8-9-13-21(19)26(22(20)16-17)18-10-6-5-7-11-18;25-19-13-10-17(11-14-19)18-12-15-22-21-8-4-5-9-23(21)26(24(22)16-18)20-6-2-1-3-7-20;7-5-1-3-6(8)4-2-5/h5-16H,1-4H3;1-16H;1-4H. The number of hydrogen-bond acceptors (Lipinski definition) is 2. The molecule has 3 heterocycles. The van der Waals surface area contributed by atoms with Gasteiger partial charge in [0.25, 0.3) is 0 Å². The van der Waals surface area contributed by atoms with Gasteiger partial charge in [-0.05, 0) is 152 Å². The van der Waals surface area contributed by atoms with Crippen LogP contribution >= 0.6 is 54.5 Å². The fourth-order valence-corrected chi connectivity index (χ4v) is 8.93. The number of nitrogens with zero attached hydrogens (tertiary/aromatic N) is 2. The van der Waals surface area contributed by atoms with Crippen molar-refractivity contribution in [2.24, 2.45) is 0 Å². The Labute approximate surface area is 394 Å². The lowest BCUT2D eigenvalue weighted by Gasteiger charge is -2.32. The third-order valence-electron chi connectivity index (χ3n) is 11.9. The molecule has 2 aromatic heterocycles. The molecule has 0 spiro atoms.